The van der Waals surface area contributed by atoms with Crippen molar-refractivity contribution in [2.24, 2.45) is 0 Å². The summed E-state index contributed by atoms with van der Waals surface area (Å²) in [7, 11) is 0. The van der Waals surface area contributed by atoms with E-state index < -0.39 is 6.04 Å². The van der Waals surface area contributed by atoms with Gasteiger partial charge in [0, 0.05) is 11.3 Å². The van der Waals surface area contributed by atoms with Gasteiger partial charge in [0.25, 0.3) is 0 Å². The largest absolute Gasteiger partial charge is 0.490 e. The fourth-order valence-corrected chi connectivity index (χ4v) is 3.05. The van der Waals surface area contributed by atoms with Crippen LogP contribution in [0.5, 0.6) is 11.5 Å². The molecule has 1 aliphatic carbocycles. The maximum atomic E-state index is 11.3. The lowest BCUT2D eigenvalue weighted by atomic mass is 9.80. The Morgan fingerprint density at radius 2 is 1.81 bits per heavy atom. The highest BCUT2D eigenvalue weighted by molar-refractivity contribution is 5.44. The number of hydrogen-bond donors (Lipinski definition) is 0. The van der Waals surface area contributed by atoms with Crippen LogP contribution in [0, 0.1) is 10.1 Å². The van der Waals surface area contributed by atoms with Gasteiger partial charge in [0.1, 0.15) is 0 Å². The normalized spacial score (nSPS) is 21.8. The maximum Gasteiger partial charge on any atom is 0.219 e. The number of ether oxygens (including phenoxy) is 2. The Kier molecular flexibility index (Phi) is 5.42. The summed E-state index contributed by atoms with van der Waals surface area (Å²) < 4.78 is 11.2. The Labute approximate surface area is 125 Å². The third-order valence-electron chi connectivity index (χ3n) is 4.00. The number of nitrogens with zero attached hydrogens (tertiary/aromatic N) is 1. The first-order valence-corrected chi connectivity index (χ1v) is 7.70. The molecule has 0 N–H and O–H groups in total. The van der Waals surface area contributed by atoms with Gasteiger partial charge in [0.05, 0.1) is 19.1 Å². The summed E-state index contributed by atoms with van der Waals surface area (Å²) in [6.45, 7) is 4.96. The molecular weight excluding hydrogens is 270 g/mol. The summed E-state index contributed by atoms with van der Waals surface area (Å²) in [5.74, 6) is 1.37. The molecule has 1 fully saturated rings. The first-order valence-electron chi connectivity index (χ1n) is 7.70. The molecule has 21 heavy (non-hydrogen) atoms. The van der Waals surface area contributed by atoms with Crippen molar-refractivity contribution in [3.8, 4) is 11.5 Å². The Morgan fingerprint density at radius 3 is 2.48 bits per heavy atom. The van der Waals surface area contributed by atoms with Crippen molar-refractivity contribution >= 4 is 0 Å². The zero-order chi connectivity index (χ0) is 15.2. The monoisotopic (exact) mass is 293 g/mol. The predicted molar refractivity (Wildman–Crippen MR) is 80.8 cm³/mol. The highest BCUT2D eigenvalue weighted by atomic mass is 16.6. The van der Waals surface area contributed by atoms with Crippen molar-refractivity contribution < 1.29 is 14.4 Å². The fraction of sp³-hybridized carbons (Fsp3) is 0.625. The van der Waals surface area contributed by atoms with Gasteiger partial charge in [0.15, 0.2) is 11.5 Å². The van der Waals surface area contributed by atoms with E-state index in [1.54, 1.807) is 0 Å². The lowest BCUT2D eigenvalue weighted by Crippen LogP contribution is -2.30. The Balaban J connectivity index is 2.29. The summed E-state index contributed by atoms with van der Waals surface area (Å²) >= 11 is 0. The number of rotatable bonds is 6. The van der Waals surface area contributed by atoms with E-state index in [0.717, 1.165) is 24.8 Å². The van der Waals surface area contributed by atoms with E-state index in [1.807, 2.05) is 32.0 Å². The van der Waals surface area contributed by atoms with Crippen LogP contribution in [0.2, 0.25) is 0 Å². The highest BCUT2D eigenvalue weighted by Gasteiger charge is 2.35. The standard InChI is InChI=1S/C16H23NO4/c1-3-20-15-10-9-12(11-16(15)21-4-2)13-7-5-6-8-14(13)17(18)19/h9-11,13-14H,3-8H2,1-2H3. The third-order valence-corrected chi connectivity index (χ3v) is 4.00. The summed E-state index contributed by atoms with van der Waals surface area (Å²) in [5.41, 5.74) is 0.989. The zero-order valence-corrected chi connectivity index (χ0v) is 12.7. The number of benzene rings is 1. The number of nitro groups is 1. The molecule has 116 valence electrons. The van der Waals surface area contributed by atoms with Crippen molar-refractivity contribution in [3.05, 3.63) is 33.9 Å². The summed E-state index contributed by atoms with van der Waals surface area (Å²) in [4.78, 5) is 11.1. The van der Waals surface area contributed by atoms with E-state index in [1.165, 1.54) is 0 Å². The second-order valence-corrected chi connectivity index (χ2v) is 5.32. The van der Waals surface area contributed by atoms with Crippen molar-refractivity contribution in [2.45, 2.75) is 51.5 Å². The van der Waals surface area contributed by atoms with E-state index in [4.69, 9.17) is 9.47 Å². The first-order chi connectivity index (χ1) is 10.2. The molecule has 0 aromatic heterocycles. The van der Waals surface area contributed by atoms with Crippen LogP contribution in [0.1, 0.15) is 51.0 Å². The van der Waals surface area contributed by atoms with Gasteiger partial charge in [-0.05, 0) is 44.4 Å². The minimum atomic E-state index is -0.480. The van der Waals surface area contributed by atoms with E-state index >= 15 is 0 Å². The second-order valence-electron chi connectivity index (χ2n) is 5.32. The van der Waals surface area contributed by atoms with Gasteiger partial charge >= 0.3 is 0 Å². The van der Waals surface area contributed by atoms with Crippen LogP contribution in [-0.4, -0.2) is 24.2 Å². The van der Waals surface area contributed by atoms with E-state index in [0.29, 0.717) is 31.1 Å². The SMILES string of the molecule is CCOc1ccc(C2CCCCC2[N+](=O)[O-])cc1OCC. The Bertz CT molecular complexity index is 489. The van der Waals surface area contributed by atoms with Gasteiger partial charge in [0.2, 0.25) is 6.04 Å². The van der Waals surface area contributed by atoms with Crippen LogP contribution in [0.4, 0.5) is 0 Å². The second kappa shape index (κ2) is 7.29. The molecule has 0 radical (unpaired) electrons. The van der Waals surface area contributed by atoms with Crippen molar-refractivity contribution in [2.75, 3.05) is 13.2 Å². The molecule has 0 saturated heterocycles. The van der Waals surface area contributed by atoms with Gasteiger partial charge < -0.3 is 9.47 Å². The van der Waals surface area contributed by atoms with Gasteiger partial charge in [-0.1, -0.05) is 12.5 Å². The Morgan fingerprint density at radius 1 is 1.14 bits per heavy atom. The third kappa shape index (κ3) is 3.65. The van der Waals surface area contributed by atoms with Crippen LogP contribution in [0.25, 0.3) is 0 Å². The summed E-state index contributed by atoms with van der Waals surface area (Å²) in [6.07, 6.45) is 3.52. The Hall–Kier alpha value is -1.78. The molecule has 0 heterocycles. The fourth-order valence-electron chi connectivity index (χ4n) is 3.05. The van der Waals surface area contributed by atoms with Crippen molar-refractivity contribution in [1.29, 1.82) is 0 Å². The molecule has 0 amide bonds. The minimum Gasteiger partial charge on any atom is -0.490 e. The molecule has 1 saturated carbocycles. The van der Waals surface area contributed by atoms with E-state index in [9.17, 15) is 10.1 Å². The molecule has 1 aromatic rings. The average molecular weight is 293 g/mol. The molecule has 5 heteroatoms. The molecular formula is C16H23NO4. The molecule has 0 bridgehead atoms. The van der Waals surface area contributed by atoms with Crippen LogP contribution in [0.3, 0.4) is 0 Å². The van der Waals surface area contributed by atoms with Crippen LogP contribution in [0.15, 0.2) is 18.2 Å². The highest BCUT2D eigenvalue weighted by Crippen LogP contribution is 2.38. The zero-order valence-electron chi connectivity index (χ0n) is 12.7. The first kappa shape index (κ1) is 15.6. The quantitative estimate of drug-likeness (QED) is 0.591. The van der Waals surface area contributed by atoms with E-state index in [2.05, 4.69) is 0 Å². The van der Waals surface area contributed by atoms with Crippen LogP contribution < -0.4 is 9.47 Å². The minimum absolute atomic E-state index is 0.0244. The van der Waals surface area contributed by atoms with Gasteiger partial charge in [-0.15, -0.1) is 0 Å². The summed E-state index contributed by atoms with van der Waals surface area (Å²) in [6, 6.07) is 5.25. The topological polar surface area (TPSA) is 61.6 Å². The molecule has 5 nitrogen and oxygen atoms in total. The molecule has 0 aliphatic heterocycles. The maximum absolute atomic E-state index is 11.3. The van der Waals surface area contributed by atoms with Gasteiger partial charge in [-0.25, -0.2) is 0 Å². The summed E-state index contributed by atoms with van der Waals surface area (Å²) in [5, 5.41) is 11.3. The molecule has 1 aromatic carbocycles. The molecule has 2 atom stereocenters. The smallest absolute Gasteiger partial charge is 0.219 e. The lowest BCUT2D eigenvalue weighted by Gasteiger charge is -2.26. The predicted octanol–water partition coefficient (Wildman–Crippen LogP) is 3.79. The van der Waals surface area contributed by atoms with Crippen LogP contribution in [-0.2, 0) is 0 Å². The van der Waals surface area contributed by atoms with Crippen molar-refractivity contribution in [1.82, 2.24) is 0 Å². The van der Waals surface area contributed by atoms with Gasteiger partial charge in [-0.2, -0.15) is 0 Å². The molecule has 2 unspecified atom stereocenters. The van der Waals surface area contributed by atoms with Crippen molar-refractivity contribution in [3.63, 3.8) is 0 Å². The molecule has 1 aliphatic rings. The van der Waals surface area contributed by atoms with E-state index in [-0.39, 0.29) is 10.8 Å². The van der Waals surface area contributed by atoms with Crippen LogP contribution >= 0.6 is 0 Å². The molecule has 2 rings (SSSR count). The molecule has 0 spiro atoms. The lowest BCUT2D eigenvalue weighted by molar-refractivity contribution is -0.530. The van der Waals surface area contributed by atoms with Gasteiger partial charge in [-0.3, -0.25) is 10.1 Å². The number of hydrogen-bond acceptors (Lipinski definition) is 4. The average Bonchev–Trinajstić information content (AvgIpc) is 2.49.